The predicted octanol–water partition coefficient (Wildman–Crippen LogP) is 5.37. The van der Waals surface area contributed by atoms with E-state index in [1.165, 1.54) is 64.2 Å². The van der Waals surface area contributed by atoms with E-state index in [4.69, 9.17) is 5.11 Å². The highest BCUT2D eigenvalue weighted by molar-refractivity contribution is 6.11. The third-order valence-corrected chi connectivity index (χ3v) is 5.63. The maximum absolute atomic E-state index is 12.0. The van der Waals surface area contributed by atoms with Crippen molar-refractivity contribution in [2.75, 3.05) is 0 Å². The summed E-state index contributed by atoms with van der Waals surface area (Å²) in [6.07, 6.45) is 17.1. The summed E-state index contributed by atoms with van der Waals surface area (Å²) in [5.41, 5.74) is 0.222. The van der Waals surface area contributed by atoms with E-state index in [0.717, 1.165) is 30.7 Å². The highest BCUT2D eigenvalue weighted by Gasteiger charge is 2.34. The number of carbonyl (C=O) groups is 3. The summed E-state index contributed by atoms with van der Waals surface area (Å²) in [6, 6.07) is -0.999. The Bertz CT molecular complexity index is 562. The number of carbonyl (C=O) groups excluding carboxylic acids is 1. The maximum atomic E-state index is 12.0. The fraction of sp³-hybridized carbons (Fsp3) is 0.826. The summed E-state index contributed by atoms with van der Waals surface area (Å²) in [5.74, 6) is -2.58. The van der Waals surface area contributed by atoms with E-state index in [2.05, 4.69) is 12.0 Å². The predicted molar refractivity (Wildman–Crippen MR) is 118 cm³/mol. The van der Waals surface area contributed by atoms with Crippen molar-refractivity contribution in [3.63, 3.8) is 0 Å². The quantitative estimate of drug-likeness (QED) is 0.271. The van der Waals surface area contributed by atoms with Gasteiger partial charge >= 0.3 is 11.9 Å². The Morgan fingerprint density at radius 1 is 0.867 bits per heavy atom. The van der Waals surface area contributed by atoms with Gasteiger partial charge in [-0.2, -0.15) is 5.10 Å². The minimum absolute atomic E-state index is 0.102. The van der Waals surface area contributed by atoms with Gasteiger partial charge in [0.1, 0.15) is 0 Å². The zero-order chi connectivity index (χ0) is 22.2. The molecular weight excluding hydrogens is 384 g/mol. The number of unbranched alkanes of at least 4 members (excludes halogenated alkanes) is 13. The molecule has 7 nitrogen and oxygen atoms in total. The van der Waals surface area contributed by atoms with Gasteiger partial charge in [0.15, 0.2) is 6.04 Å². The van der Waals surface area contributed by atoms with Gasteiger partial charge in [-0.05, 0) is 6.42 Å². The van der Waals surface area contributed by atoms with Crippen molar-refractivity contribution in [2.24, 2.45) is 5.10 Å². The number of hydrogen-bond donors (Lipinski definition) is 2. The summed E-state index contributed by atoms with van der Waals surface area (Å²) >= 11 is 0. The molecule has 0 aromatic heterocycles. The van der Waals surface area contributed by atoms with Crippen LogP contribution in [0.5, 0.6) is 0 Å². The molecule has 1 heterocycles. The first kappa shape index (κ1) is 26.1. The molecule has 0 aromatic carbocycles. The zero-order valence-electron chi connectivity index (χ0n) is 18.6. The van der Waals surface area contributed by atoms with Crippen molar-refractivity contribution in [3.05, 3.63) is 0 Å². The van der Waals surface area contributed by atoms with Gasteiger partial charge in [0, 0.05) is 0 Å². The number of amides is 1. The van der Waals surface area contributed by atoms with Crippen molar-refractivity contribution in [1.82, 2.24) is 5.01 Å². The fourth-order valence-electron chi connectivity index (χ4n) is 3.90. The van der Waals surface area contributed by atoms with E-state index in [1.807, 2.05) is 0 Å². The minimum Gasteiger partial charge on any atom is -0.481 e. The van der Waals surface area contributed by atoms with Crippen LogP contribution in [0.1, 0.15) is 116 Å². The fourth-order valence-corrected chi connectivity index (χ4v) is 3.90. The molecule has 0 bridgehead atoms. The summed E-state index contributed by atoms with van der Waals surface area (Å²) in [4.78, 5) is 34.3. The lowest BCUT2D eigenvalue weighted by Gasteiger charge is -2.20. The maximum Gasteiger partial charge on any atom is 0.328 e. The highest BCUT2D eigenvalue weighted by atomic mass is 16.4. The van der Waals surface area contributed by atoms with Crippen LogP contribution in [-0.4, -0.2) is 44.8 Å². The monoisotopic (exact) mass is 424 g/mol. The summed E-state index contributed by atoms with van der Waals surface area (Å²) in [5, 5.41) is 23.2. The van der Waals surface area contributed by atoms with Crippen LogP contribution in [0.15, 0.2) is 5.10 Å². The lowest BCUT2D eigenvalue weighted by atomic mass is 10.0. The van der Waals surface area contributed by atoms with Gasteiger partial charge in [-0.1, -0.05) is 96.8 Å². The van der Waals surface area contributed by atoms with Crippen molar-refractivity contribution in [1.29, 1.82) is 0 Å². The molecule has 2 N–H and O–H groups in total. The molecule has 1 amide bonds. The van der Waals surface area contributed by atoms with Gasteiger partial charge in [0.2, 0.25) is 5.91 Å². The van der Waals surface area contributed by atoms with E-state index >= 15 is 0 Å². The van der Waals surface area contributed by atoms with Gasteiger partial charge in [-0.25, -0.2) is 9.80 Å². The van der Waals surface area contributed by atoms with E-state index in [1.54, 1.807) is 0 Å². The Hall–Kier alpha value is -1.92. The number of hydrogen-bond acceptors (Lipinski definition) is 4. The van der Waals surface area contributed by atoms with E-state index in [9.17, 15) is 19.5 Å². The first-order valence-corrected chi connectivity index (χ1v) is 11.8. The Kier molecular flexibility index (Phi) is 13.8. The SMILES string of the molecule is CCCCCCCCCCCCCCCCC(C(=O)O)N1N=C(CC(=O)O)CC1=O. The highest BCUT2D eigenvalue weighted by Crippen LogP contribution is 2.20. The Labute approximate surface area is 180 Å². The van der Waals surface area contributed by atoms with Gasteiger partial charge in [-0.15, -0.1) is 0 Å². The molecule has 172 valence electrons. The molecule has 1 rings (SSSR count). The molecule has 0 fully saturated rings. The third kappa shape index (κ3) is 11.3. The van der Waals surface area contributed by atoms with Gasteiger partial charge in [0.05, 0.1) is 18.6 Å². The molecule has 1 atom stereocenters. The Morgan fingerprint density at radius 3 is 1.77 bits per heavy atom. The number of aliphatic carboxylic acids is 2. The number of hydrazone groups is 1. The van der Waals surface area contributed by atoms with Crippen molar-refractivity contribution >= 4 is 23.6 Å². The van der Waals surface area contributed by atoms with Crippen LogP contribution in [0, 0.1) is 0 Å². The van der Waals surface area contributed by atoms with E-state index in [-0.39, 0.29) is 18.6 Å². The van der Waals surface area contributed by atoms with Crippen LogP contribution in [0.4, 0.5) is 0 Å². The zero-order valence-corrected chi connectivity index (χ0v) is 18.6. The standard InChI is InChI=1S/C23H40N2O5/c1-2-3-4-5-6-7-8-9-10-11-12-13-14-15-16-20(23(29)30)25-21(26)17-19(24-25)18-22(27)28/h20H,2-18H2,1H3,(H,27,28)(H,29,30). The second kappa shape index (κ2) is 15.9. The van der Waals surface area contributed by atoms with Crippen LogP contribution in [0.2, 0.25) is 0 Å². The Balaban J connectivity index is 2.10. The van der Waals surface area contributed by atoms with E-state index < -0.39 is 23.9 Å². The second-order valence-corrected chi connectivity index (χ2v) is 8.39. The van der Waals surface area contributed by atoms with Crippen molar-refractivity contribution < 1.29 is 24.6 Å². The summed E-state index contributed by atoms with van der Waals surface area (Å²) < 4.78 is 0. The molecule has 0 saturated heterocycles. The van der Waals surface area contributed by atoms with Gasteiger partial charge in [0.25, 0.3) is 0 Å². The van der Waals surface area contributed by atoms with Crippen LogP contribution < -0.4 is 0 Å². The molecular formula is C23H40N2O5. The number of nitrogens with zero attached hydrogens (tertiary/aromatic N) is 2. The summed E-state index contributed by atoms with van der Waals surface area (Å²) in [7, 11) is 0. The molecule has 0 aromatic rings. The Morgan fingerprint density at radius 2 is 1.33 bits per heavy atom. The molecule has 0 spiro atoms. The molecule has 30 heavy (non-hydrogen) atoms. The molecule has 0 saturated carbocycles. The molecule has 1 aliphatic heterocycles. The lowest BCUT2D eigenvalue weighted by Crippen LogP contribution is -2.39. The average Bonchev–Trinajstić information content (AvgIpc) is 3.03. The lowest BCUT2D eigenvalue weighted by molar-refractivity contribution is -0.149. The minimum atomic E-state index is -1.08. The molecule has 1 unspecified atom stereocenters. The van der Waals surface area contributed by atoms with Gasteiger partial charge in [-0.3, -0.25) is 9.59 Å². The number of rotatable bonds is 19. The van der Waals surface area contributed by atoms with Gasteiger partial charge < -0.3 is 10.2 Å². The molecule has 7 heteroatoms. The average molecular weight is 425 g/mol. The topological polar surface area (TPSA) is 107 Å². The summed E-state index contributed by atoms with van der Waals surface area (Å²) in [6.45, 7) is 2.24. The largest absolute Gasteiger partial charge is 0.481 e. The molecule has 1 aliphatic rings. The van der Waals surface area contributed by atoms with Crippen LogP contribution in [0.25, 0.3) is 0 Å². The van der Waals surface area contributed by atoms with Crippen LogP contribution >= 0.6 is 0 Å². The molecule has 0 radical (unpaired) electrons. The number of carboxylic acid groups (broad SMARTS) is 2. The smallest absolute Gasteiger partial charge is 0.328 e. The number of carboxylic acids is 2. The first-order chi connectivity index (χ1) is 14.5. The van der Waals surface area contributed by atoms with Crippen molar-refractivity contribution in [2.45, 2.75) is 122 Å². The second-order valence-electron chi connectivity index (χ2n) is 8.39. The normalized spacial score (nSPS) is 14.8. The van der Waals surface area contributed by atoms with Crippen LogP contribution in [0.3, 0.4) is 0 Å². The first-order valence-electron chi connectivity index (χ1n) is 11.8. The molecule has 0 aliphatic carbocycles. The van der Waals surface area contributed by atoms with Crippen LogP contribution in [-0.2, 0) is 14.4 Å². The third-order valence-electron chi connectivity index (χ3n) is 5.63. The van der Waals surface area contributed by atoms with E-state index in [0.29, 0.717) is 6.42 Å². The van der Waals surface area contributed by atoms with Crippen molar-refractivity contribution in [3.8, 4) is 0 Å².